The molecule has 1 amide bonds. The van der Waals surface area contributed by atoms with Gasteiger partial charge in [0.2, 0.25) is 0 Å². The Labute approximate surface area is 123 Å². The first-order valence-electron chi connectivity index (χ1n) is 6.01. The number of rotatable bonds is 2. The quantitative estimate of drug-likeness (QED) is 0.643. The number of carbonyl (C=O) groups is 1. The lowest BCUT2D eigenvalue weighted by molar-refractivity contribution is 0.0529. The molecule has 0 aliphatic rings. The van der Waals surface area contributed by atoms with Crippen molar-refractivity contribution in [2.75, 3.05) is 12.3 Å². The van der Waals surface area contributed by atoms with E-state index in [4.69, 9.17) is 22.1 Å². The molecule has 0 atom stereocenters. The van der Waals surface area contributed by atoms with Crippen LogP contribution in [-0.4, -0.2) is 28.2 Å². The minimum atomic E-state index is -0.511. The molecule has 0 fully saturated rings. The highest BCUT2D eigenvalue weighted by atomic mass is 35.5. The normalized spacial score (nSPS) is 10.4. The van der Waals surface area contributed by atoms with Crippen molar-refractivity contribution in [2.24, 2.45) is 0 Å². The zero-order chi connectivity index (χ0) is 15.2. The fourth-order valence-corrected chi connectivity index (χ4v) is 1.34. The van der Waals surface area contributed by atoms with Crippen molar-refractivity contribution in [3.8, 4) is 11.8 Å². The van der Waals surface area contributed by atoms with Gasteiger partial charge in [-0.25, -0.2) is 14.8 Å². The predicted molar refractivity (Wildman–Crippen MR) is 77.2 cm³/mol. The van der Waals surface area contributed by atoms with Crippen LogP contribution in [0.2, 0.25) is 5.15 Å². The maximum Gasteiger partial charge on any atom is 0.407 e. The number of nitrogens with one attached hydrogen (secondary N) is 1. The van der Waals surface area contributed by atoms with Gasteiger partial charge in [0.1, 0.15) is 11.4 Å². The highest BCUT2D eigenvalue weighted by Crippen LogP contribution is 2.10. The Kier molecular flexibility index (Phi) is 5.59. The van der Waals surface area contributed by atoms with E-state index in [1.807, 2.05) is 0 Å². The minimum absolute atomic E-state index is 0.164. The van der Waals surface area contributed by atoms with Crippen LogP contribution in [0.5, 0.6) is 0 Å². The summed E-state index contributed by atoms with van der Waals surface area (Å²) < 4.78 is 5.08. The number of anilines is 1. The summed E-state index contributed by atoms with van der Waals surface area (Å²) in [6.45, 7) is 5.78. The second-order valence-corrected chi connectivity index (χ2v) is 5.27. The fraction of sp³-hybridized carbons (Fsp3) is 0.462. The molecule has 0 spiro atoms. The Bertz CT molecular complexity index is 544. The summed E-state index contributed by atoms with van der Waals surface area (Å²) in [6, 6.07) is 0. The molecule has 7 heteroatoms. The molecule has 1 aromatic rings. The number of aromatic nitrogens is 2. The zero-order valence-electron chi connectivity index (χ0n) is 11.7. The lowest BCUT2D eigenvalue weighted by atomic mass is 10.2. The summed E-state index contributed by atoms with van der Waals surface area (Å²) in [4.78, 5) is 19.1. The third kappa shape index (κ3) is 6.25. The van der Waals surface area contributed by atoms with Crippen LogP contribution >= 0.6 is 11.6 Å². The molecular formula is C13H17ClN4O2. The van der Waals surface area contributed by atoms with Crippen molar-refractivity contribution in [3.05, 3.63) is 17.0 Å². The van der Waals surface area contributed by atoms with Crippen LogP contribution in [0.15, 0.2) is 6.20 Å². The van der Waals surface area contributed by atoms with Crippen LogP contribution in [0.25, 0.3) is 0 Å². The molecule has 0 aliphatic carbocycles. The largest absolute Gasteiger partial charge is 0.444 e. The minimum Gasteiger partial charge on any atom is -0.444 e. The first-order chi connectivity index (χ1) is 9.28. The molecule has 6 nitrogen and oxygen atoms in total. The number of carbonyl (C=O) groups excluding carboxylic acids is 1. The number of nitrogens with zero attached hydrogens (tertiary/aromatic N) is 2. The van der Waals surface area contributed by atoms with Gasteiger partial charge in [0, 0.05) is 13.0 Å². The molecule has 0 bridgehead atoms. The Morgan fingerprint density at radius 3 is 2.85 bits per heavy atom. The van der Waals surface area contributed by atoms with Crippen molar-refractivity contribution < 1.29 is 9.53 Å². The van der Waals surface area contributed by atoms with E-state index in [-0.39, 0.29) is 11.0 Å². The Morgan fingerprint density at radius 1 is 1.55 bits per heavy atom. The summed E-state index contributed by atoms with van der Waals surface area (Å²) >= 11 is 5.82. The van der Waals surface area contributed by atoms with Crippen LogP contribution in [0.1, 0.15) is 32.9 Å². The standard InChI is InChI=1S/C13H17ClN4O2/c1-13(2,3)20-12(19)16-7-5-4-6-9-11(14)18-10(15)8-17-9/h8H,5,7H2,1-3H3,(H2,15,18)(H,16,19). The maximum absolute atomic E-state index is 11.3. The molecule has 108 valence electrons. The van der Waals surface area contributed by atoms with Gasteiger partial charge in [-0.15, -0.1) is 0 Å². The van der Waals surface area contributed by atoms with Gasteiger partial charge in [-0.1, -0.05) is 17.5 Å². The van der Waals surface area contributed by atoms with Gasteiger partial charge < -0.3 is 15.8 Å². The van der Waals surface area contributed by atoms with Gasteiger partial charge in [0.05, 0.1) is 6.20 Å². The molecule has 1 rings (SSSR count). The van der Waals surface area contributed by atoms with Crippen molar-refractivity contribution in [3.63, 3.8) is 0 Å². The number of halogens is 1. The van der Waals surface area contributed by atoms with Gasteiger partial charge in [-0.2, -0.15) is 0 Å². The maximum atomic E-state index is 11.3. The van der Waals surface area contributed by atoms with E-state index < -0.39 is 11.7 Å². The van der Waals surface area contributed by atoms with Crippen LogP contribution in [0.3, 0.4) is 0 Å². The topological polar surface area (TPSA) is 90.1 Å². The van der Waals surface area contributed by atoms with Gasteiger partial charge in [0.15, 0.2) is 10.8 Å². The number of hydrogen-bond donors (Lipinski definition) is 2. The van der Waals surface area contributed by atoms with Gasteiger partial charge >= 0.3 is 6.09 Å². The van der Waals surface area contributed by atoms with Crippen molar-refractivity contribution >= 4 is 23.5 Å². The van der Waals surface area contributed by atoms with Crippen LogP contribution in [0.4, 0.5) is 10.6 Å². The monoisotopic (exact) mass is 296 g/mol. The van der Waals surface area contributed by atoms with Crippen LogP contribution in [-0.2, 0) is 4.74 Å². The molecule has 0 aromatic carbocycles. The van der Waals surface area contributed by atoms with Gasteiger partial charge in [0.25, 0.3) is 0 Å². The van der Waals surface area contributed by atoms with E-state index in [9.17, 15) is 4.79 Å². The van der Waals surface area contributed by atoms with E-state index >= 15 is 0 Å². The summed E-state index contributed by atoms with van der Waals surface area (Å²) in [5.41, 5.74) is 5.27. The third-order valence-corrected chi connectivity index (χ3v) is 2.14. The smallest absolute Gasteiger partial charge is 0.407 e. The molecule has 0 unspecified atom stereocenters. The third-order valence-electron chi connectivity index (χ3n) is 1.87. The van der Waals surface area contributed by atoms with E-state index in [1.54, 1.807) is 20.8 Å². The number of nitrogens with two attached hydrogens (primary N) is 1. The lowest BCUT2D eigenvalue weighted by Crippen LogP contribution is -2.32. The first kappa shape index (κ1) is 16.1. The highest BCUT2D eigenvalue weighted by molar-refractivity contribution is 6.30. The number of hydrogen-bond acceptors (Lipinski definition) is 5. The van der Waals surface area contributed by atoms with E-state index in [0.29, 0.717) is 18.7 Å². The molecule has 20 heavy (non-hydrogen) atoms. The van der Waals surface area contributed by atoms with Crippen molar-refractivity contribution in [1.29, 1.82) is 0 Å². The average molecular weight is 297 g/mol. The van der Waals surface area contributed by atoms with E-state index in [1.165, 1.54) is 6.20 Å². The average Bonchev–Trinajstić information content (AvgIpc) is 2.28. The molecule has 3 N–H and O–H groups in total. The van der Waals surface area contributed by atoms with E-state index in [0.717, 1.165) is 0 Å². The number of amides is 1. The summed E-state index contributed by atoms with van der Waals surface area (Å²) in [7, 11) is 0. The number of ether oxygens (including phenoxy) is 1. The zero-order valence-corrected chi connectivity index (χ0v) is 12.4. The molecule has 0 radical (unpaired) electrons. The highest BCUT2D eigenvalue weighted by Gasteiger charge is 2.15. The predicted octanol–water partition coefficient (Wildman–Crippen LogP) is 1.98. The molecular weight excluding hydrogens is 280 g/mol. The van der Waals surface area contributed by atoms with Crippen LogP contribution in [0, 0.1) is 11.8 Å². The first-order valence-corrected chi connectivity index (χ1v) is 6.39. The Balaban J connectivity index is 2.38. The van der Waals surface area contributed by atoms with E-state index in [2.05, 4.69) is 27.1 Å². The second kappa shape index (κ2) is 6.96. The molecule has 0 saturated carbocycles. The summed E-state index contributed by atoms with van der Waals surface area (Å²) in [5, 5.41) is 2.76. The lowest BCUT2D eigenvalue weighted by Gasteiger charge is -2.19. The molecule has 0 saturated heterocycles. The fourth-order valence-electron chi connectivity index (χ4n) is 1.15. The SMILES string of the molecule is CC(C)(C)OC(=O)NCCC#Cc1ncc(N)nc1Cl. The summed E-state index contributed by atoms with van der Waals surface area (Å²) in [5.74, 6) is 5.83. The Morgan fingerprint density at radius 2 is 2.25 bits per heavy atom. The molecule has 1 aromatic heterocycles. The summed E-state index contributed by atoms with van der Waals surface area (Å²) in [6.07, 6.45) is 1.36. The number of alkyl carbamates (subject to hydrolysis) is 1. The van der Waals surface area contributed by atoms with Crippen LogP contribution < -0.4 is 11.1 Å². The molecule has 1 heterocycles. The molecule has 0 aliphatic heterocycles. The Hall–Kier alpha value is -2.00. The van der Waals surface area contributed by atoms with Gasteiger partial charge in [-0.05, 0) is 26.7 Å². The number of nitrogen functional groups attached to an aromatic ring is 1. The van der Waals surface area contributed by atoms with Crippen molar-refractivity contribution in [2.45, 2.75) is 32.8 Å². The van der Waals surface area contributed by atoms with Gasteiger partial charge in [-0.3, -0.25) is 0 Å². The second-order valence-electron chi connectivity index (χ2n) is 4.91. The van der Waals surface area contributed by atoms with Crippen molar-refractivity contribution in [1.82, 2.24) is 15.3 Å².